The molecule has 0 unspecified atom stereocenters. The fraction of sp³-hybridized carbons (Fsp3) is 0.438. The highest BCUT2D eigenvalue weighted by molar-refractivity contribution is 5.92. The molecule has 4 N–H and O–H groups in total. The van der Waals surface area contributed by atoms with Gasteiger partial charge < -0.3 is 21.1 Å². The highest BCUT2D eigenvalue weighted by Crippen LogP contribution is 2.20. The molecule has 0 amide bonds. The third kappa shape index (κ3) is 4.22. The summed E-state index contributed by atoms with van der Waals surface area (Å²) in [7, 11) is 0. The number of nitrogens with two attached hydrogens (primary N) is 1. The maximum absolute atomic E-state index is 11.4. The lowest BCUT2D eigenvalue weighted by atomic mass is 10.1. The molecule has 0 bridgehead atoms. The molecule has 1 fully saturated rings. The molecule has 1 saturated heterocycles. The number of piperazine rings is 1. The standard InChI is InChI=1S/C16H21N3O2/c17-7-3-1-2-4-13-5-6-14(12-15(13)16(20)21)19-10-8-18-9-11-19/h5-6,12,18H,1,3,7-11,17H2,(H,20,21). The van der Waals surface area contributed by atoms with Gasteiger partial charge in [-0.2, -0.15) is 0 Å². The van der Waals surface area contributed by atoms with Gasteiger partial charge in [0.25, 0.3) is 0 Å². The van der Waals surface area contributed by atoms with Crippen LogP contribution in [0.15, 0.2) is 18.2 Å². The van der Waals surface area contributed by atoms with E-state index in [1.807, 2.05) is 6.07 Å². The topological polar surface area (TPSA) is 78.6 Å². The number of unbranched alkanes of at least 4 members (excludes halogenated alkanes) is 1. The lowest BCUT2D eigenvalue weighted by molar-refractivity contribution is 0.0696. The van der Waals surface area contributed by atoms with E-state index < -0.39 is 5.97 Å². The first-order valence-corrected chi connectivity index (χ1v) is 7.24. The Hall–Kier alpha value is -2.03. The average Bonchev–Trinajstić information content (AvgIpc) is 2.52. The second kappa shape index (κ2) is 7.67. The van der Waals surface area contributed by atoms with Gasteiger partial charge in [-0.15, -0.1) is 0 Å². The van der Waals surface area contributed by atoms with Crippen molar-refractivity contribution in [3.8, 4) is 11.8 Å². The predicted octanol–water partition coefficient (Wildman–Crippen LogP) is 0.885. The molecule has 1 aliphatic rings. The lowest BCUT2D eigenvalue weighted by Gasteiger charge is -2.29. The molecule has 1 aliphatic heterocycles. The molecule has 1 aromatic rings. The summed E-state index contributed by atoms with van der Waals surface area (Å²) in [5.41, 5.74) is 7.20. The number of aromatic carboxylic acids is 1. The molecular weight excluding hydrogens is 266 g/mol. The molecule has 2 rings (SSSR count). The van der Waals surface area contributed by atoms with Crippen molar-refractivity contribution in [2.75, 3.05) is 37.6 Å². The van der Waals surface area contributed by atoms with Gasteiger partial charge in [-0.05, 0) is 31.2 Å². The molecule has 21 heavy (non-hydrogen) atoms. The minimum Gasteiger partial charge on any atom is -0.478 e. The maximum atomic E-state index is 11.4. The van der Waals surface area contributed by atoms with E-state index in [1.54, 1.807) is 12.1 Å². The molecule has 112 valence electrons. The van der Waals surface area contributed by atoms with E-state index in [1.165, 1.54) is 0 Å². The number of carbonyl (C=O) groups is 1. The first-order valence-electron chi connectivity index (χ1n) is 7.24. The summed E-state index contributed by atoms with van der Waals surface area (Å²) < 4.78 is 0. The van der Waals surface area contributed by atoms with Gasteiger partial charge in [0.1, 0.15) is 0 Å². The van der Waals surface area contributed by atoms with Crippen LogP contribution < -0.4 is 16.0 Å². The van der Waals surface area contributed by atoms with Crippen molar-refractivity contribution in [3.63, 3.8) is 0 Å². The Morgan fingerprint density at radius 2 is 2.14 bits per heavy atom. The normalized spacial score (nSPS) is 14.4. The number of benzene rings is 1. The van der Waals surface area contributed by atoms with Crippen molar-refractivity contribution in [3.05, 3.63) is 29.3 Å². The van der Waals surface area contributed by atoms with E-state index >= 15 is 0 Å². The first-order chi connectivity index (χ1) is 10.2. The zero-order valence-electron chi connectivity index (χ0n) is 12.1. The largest absolute Gasteiger partial charge is 0.478 e. The maximum Gasteiger partial charge on any atom is 0.337 e. The van der Waals surface area contributed by atoms with Crippen LogP contribution in [0, 0.1) is 11.8 Å². The average molecular weight is 287 g/mol. The van der Waals surface area contributed by atoms with Crippen molar-refractivity contribution in [2.24, 2.45) is 5.73 Å². The lowest BCUT2D eigenvalue weighted by Crippen LogP contribution is -2.43. The van der Waals surface area contributed by atoms with Crippen LogP contribution >= 0.6 is 0 Å². The Balaban J connectivity index is 2.21. The van der Waals surface area contributed by atoms with Gasteiger partial charge in [0.15, 0.2) is 0 Å². The fourth-order valence-electron chi connectivity index (χ4n) is 2.29. The van der Waals surface area contributed by atoms with Crippen LogP contribution in [0.25, 0.3) is 0 Å². The minimum atomic E-state index is -0.935. The van der Waals surface area contributed by atoms with E-state index in [0.717, 1.165) is 38.3 Å². The molecule has 5 heteroatoms. The van der Waals surface area contributed by atoms with Crippen LogP contribution in [0.2, 0.25) is 0 Å². The highest BCUT2D eigenvalue weighted by Gasteiger charge is 2.15. The third-order valence-corrected chi connectivity index (χ3v) is 3.44. The summed E-state index contributed by atoms with van der Waals surface area (Å²) in [5.74, 6) is 4.99. The van der Waals surface area contributed by atoms with Gasteiger partial charge >= 0.3 is 5.97 Å². The van der Waals surface area contributed by atoms with E-state index in [0.29, 0.717) is 18.5 Å². The SMILES string of the molecule is NCCCC#Cc1ccc(N2CCNCC2)cc1C(=O)O. The summed E-state index contributed by atoms with van der Waals surface area (Å²) in [6.45, 7) is 4.22. The minimum absolute atomic E-state index is 0.270. The summed E-state index contributed by atoms with van der Waals surface area (Å²) in [4.78, 5) is 13.6. The summed E-state index contributed by atoms with van der Waals surface area (Å²) in [6.07, 6.45) is 1.52. The van der Waals surface area contributed by atoms with Gasteiger partial charge in [0, 0.05) is 43.9 Å². The summed E-state index contributed by atoms with van der Waals surface area (Å²) >= 11 is 0. The van der Waals surface area contributed by atoms with Gasteiger partial charge in [-0.3, -0.25) is 0 Å². The van der Waals surface area contributed by atoms with Crippen molar-refractivity contribution < 1.29 is 9.90 Å². The highest BCUT2D eigenvalue weighted by atomic mass is 16.4. The third-order valence-electron chi connectivity index (χ3n) is 3.44. The molecule has 0 spiro atoms. The number of nitrogens with one attached hydrogen (secondary N) is 1. The van der Waals surface area contributed by atoms with Gasteiger partial charge in [0.2, 0.25) is 0 Å². The molecule has 0 aliphatic carbocycles. The number of hydrogen-bond acceptors (Lipinski definition) is 4. The zero-order chi connectivity index (χ0) is 15.1. The Morgan fingerprint density at radius 3 is 2.81 bits per heavy atom. The molecule has 0 saturated carbocycles. The molecule has 0 atom stereocenters. The van der Waals surface area contributed by atoms with Crippen LogP contribution in [0.4, 0.5) is 5.69 Å². The van der Waals surface area contributed by atoms with Crippen molar-refractivity contribution in [1.82, 2.24) is 5.32 Å². The molecule has 1 aromatic carbocycles. The number of rotatable bonds is 4. The molecule has 0 radical (unpaired) electrons. The smallest absolute Gasteiger partial charge is 0.337 e. The van der Waals surface area contributed by atoms with Gasteiger partial charge in [0.05, 0.1) is 5.56 Å². The number of nitrogens with zero attached hydrogens (tertiary/aromatic N) is 1. The molecular formula is C16H21N3O2. The van der Waals surface area contributed by atoms with E-state index in [9.17, 15) is 9.90 Å². The van der Waals surface area contributed by atoms with Crippen LogP contribution in [0.5, 0.6) is 0 Å². The van der Waals surface area contributed by atoms with Crippen LogP contribution in [-0.2, 0) is 0 Å². The van der Waals surface area contributed by atoms with Crippen LogP contribution in [-0.4, -0.2) is 43.8 Å². The molecule has 0 aromatic heterocycles. The molecule has 1 heterocycles. The van der Waals surface area contributed by atoms with Gasteiger partial charge in [-0.25, -0.2) is 4.79 Å². The second-order valence-electron chi connectivity index (χ2n) is 4.97. The fourth-order valence-corrected chi connectivity index (χ4v) is 2.29. The Morgan fingerprint density at radius 1 is 1.38 bits per heavy atom. The first kappa shape index (κ1) is 15.4. The zero-order valence-corrected chi connectivity index (χ0v) is 12.1. The van der Waals surface area contributed by atoms with Crippen molar-refractivity contribution in [1.29, 1.82) is 0 Å². The van der Waals surface area contributed by atoms with Crippen LogP contribution in [0.1, 0.15) is 28.8 Å². The Labute approximate surface area is 125 Å². The quantitative estimate of drug-likeness (QED) is 0.566. The number of carboxylic acid groups (broad SMARTS) is 1. The summed E-state index contributed by atoms with van der Waals surface area (Å²) in [5, 5.41) is 12.7. The van der Waals surface area contributed by atoms with E-state index in [2.05, 4.69) is 22.1 Å². The number of anilines is 1. The van der Waals surface area contributed by atoms with Crippen molar-refractivity contribution in [2.45, 2.75) is 12.8 Å². The van der Waals surface area contributed by atoms with Gasteiger partial charge in [-0.1, -0.05) is 11.8 Å². The predicted molar refractivity (Wildman–Crippen MR) is 83.7 cm³/mol. The van der Waals surface area contributed by atoms with Crippen molar-refractivity contribution >= 4 is 11.7 Å². The number of carboxylic acids is 1. The van der Waals surface area contributed by atoms with Crippen LogP contribution in [0.3, 0.4) is 0 Å². The second-order valence-corrected chi connectivity index (χ2v) is 4.97. The Kier molecular flexibility index (Phi) is 5.61. The Bertz CT molecular complexity index is 554. The molecule has 5 nitrogen and oxygen atoms in total. The monoisotopic (exact) mass is 287 g/mol. The van der Waals surface area contributed by atoms with E-state index in [4.69, 9.17) is 5.73 Å². The van der Waals surface area contributed by atoms with E-state index in [-0.39, 0.29) is 5.56 Å². The number of hydrogen-bond donors (Lipinski definition) is 3. The summed E-state index contributed by atoms with van der Waals surface area (Å²) in [6, 6.07) is 5.47.